The number of amides is 1. The summed E-state index contributed by atoms with van der Waals surface area (Å²) >= 11 is 0. The number of hydrogen-bond donors (Lipinski definition) is 2. The van der Waals surface area contributed by atoms with Crippen LogP contribution in [0.25, 0.3) is 6.08 Å². The Labute approximate surface area is 156 Å². The Morgan fingerprint density at radius 2 is 1.78 bits per heavy atom. The van der Waals surface area contributed by atoms with Crippen LogP contribution < -0.4 is 10.1 Å². The lowest BCUT2D eigenvalue weighted by molar-refractivity contribution is -0.111. The Morgan fingerprint density at radius 3 is 2.56 bits per heavy atom. The smallest absolute Gasteiger partial charge is 0.248 e. The molecule has 0 aliphatic heterocycles. The number of para-hydroxylation sites is 2. The first-order valence-corrected chi connectivity index (χ1v) is 8.35. The van der Waals surface area contributed by atoms with Crippen LogP contribution in [0.3, 0.4) is 0 Å². The number of aromatic hydroxyl groups is 1. The van der Waals surface area contributed by atoms with Gasteiger partial charge in [0, 0.05) is 6.08 Å². The number of nitrogens with one attached hydrogen (secondary N) is 1. The minimum atomic E-state index is -0.707. The molecule has 27 heavy (non-hydrogen) atoms. The van der Waals surface area contributed by atoms with E-state index >= 15 is 0 Å². The number of phenolic OH excluding ortho intramolecular Hbond substituents is 1. The maximum Gasteiger partial charge on any atom is 0.248 e. The van der Waals surface area contributed by atoms with Gasteiger partial charge in [-0.05, 0) is 41.5 Å². The monoisotopic (exact) mass is 363 g/mol. The van der Waals surface area contributed by atoms with Crippen molar-refractivity contribution in [1.29, 1.82) is 0 Å². The average molecular weight is 363 g/mol. The van der Waals surface area contributed by atoms with Gasteiger partial charge in [-0.2, -0.15) is 0 Å². The molecular formula is C22H18FNO3. The molecule has 0 saturated carbocycles. The standard InChI is InChI=1S/C22H18FNO3/c23-18-12-10-16(14-20(18)25)11-13-22(26)24-19-8-4-5-9-21(19)27-15-17-6-2-1-3-7-17/h1-14,25H,15H2,(H,24,26). The van der Waals surface area contributed by atoms with Gasteiger partial charge in [0.2, 0.25) is 5.91 Å². The van der Waals surface area contributed by atoms with E-state index in [-0.39, 0.29) is 5.91 Å². The van der Waals surface area contributed by atoms with Crippen molar-refractivity contribution in [2.75, 3.05) is 5.32 Å². The van der Waals surface area contributed by atoms with Gasteiger partial charge >= 0.3 is 0 Å². The molecule has 0 heterocycles. The Balaban J connectivity index is 1.65. The molecule has 4 nitrogen and oxygen atoms in total. The Bertz CT molecular complexity index is 955. The Hall–Kier alpha value is -3.60. The third kappa shape index (κ3) is 5.19. The van der Waals surface area contributed by atoms with E-state index in [9.17, 15) is 14.3 Å². The topological polar surface area (TPSA) is 58.6 Å². The normalized spacial score (nSPS) is 10.7. The van der Waals surface area contributed by atoms with Gasteiger partial charge in [-0.3, -0.25) is 4.79 Å². The lowest BCUT2D eigenvalue weighted by Crippen LogP contribution is -2.09. The van der Waals surface area contributed by atoms with Crippen LogP contribution in [0.4, 0.5) is 10.1 Å². The highest BCUT2D eigenvalue weighted by atomic mass is 19.1. The van der Waals surface area contributed by atoms with Crippen LogP contribution in [-0.4, -0.2) is 11.0 Å². The average Bonchev–Trinajstić information content (AvgIpc) is 2.69. The third-order valence-electron chi connectivity index (χ3n) is 3.78. The molecule has 0 saturated heterocycles. The summed E-state index contributed by atoms with van der Waals surface area (Å²) in [6, 6.07) is 20.7. The summed E-state index contributed by atoms with van der Waals surface area (Å²) in [5.74, 6) is -0.976. The quantitative estimate of drug-likeness (QED) is 0.621. The van der Waals surface area contributed by atoms with Gasteiger partial charge in [0.05, 0.1) is 5.69 Å². The molecule has 0 aliphatic carbocycles. The van der Waals surface area contributed by atoms with Crippen molar-refractivity contribution in [2.45, 2.75) is 6.61 Å². The number of hydrogen-bond acceptors (Lipinski definition) is 3. The molecule has 5 heteroatoms. The van der Waals surface area contributed by atoms with Crippen molar-refractivity contribution in [3.63, 3.8) is 0 Å². The SMILES string of the molecule is O=C(C=Cc1ccc(F)c(O)c1)Nc1ccccc1OCc1ccccc1. The number of anilines is 1. The number of ether oxygens (including phenoxy) is 1. The predicted molar refractivity (Wildman–Crippen MR) is 103 cm³/mol. The molecule has 0 radical (unpaired) electrons. The van der Waals surface area contributed by atoms with E-state index in [0.29, 0.717) is 23.6 Å². The van der Waals surface area contributed by atoms with Crippen LogP contribution in [0.2, 0.25) is 0 Å². The summed E-state index contributed by atoms with van der Waals surface area (Å²) in [4.78, 5) is 12.2. The molecule has 3 rings (SSSR count). The van der Waals surface area contributed by atoms with Crippen LogP contribution in [0.15, 0.2) is 78.9 Å². The summed E-state index contributed by atoms with van der Waals surface area (Å²) in [7, 11) is 0. The van der Waals surface area contributed by atoms with Gasteiger partial charge in [-0.15, -0.1) is 0 Å². The van der Waals surface area contributed by atoms with Gasteiger partial charge in [-0.1, -0.05) is 48.5 Å². The van der Waals surface area contributed by atoms with Gasteiger partial charge < -0.3 is 15.2 Å². The molecule has 0 fully saturated rings. The van der Waals surface area contributed by atoms with Crippen LogP contribution in [-0.2, 0) is 11.4 Å². The zero-order valence-corrected chi connectivity index (χ0v) is 14.4. The molecule has 2 N–H and O–H groups in total. The van der Waals surface area contributed by atoms with E-state index in [4.69, 9.17) is 4.74 Å². The second-order valence-electron chi connectivity index (χ2n) is 5.80. The second kappa shape index (κ2) is 8.67. The van der Waals surface area contributed by atoms with E-state index in [1.165, 1.54) is 24.3 Å². The lowest BCUT2D eigenvalue weighted by atomic mass is 10.2. The summed E-state index contributed by atoms with van der Waals surface area (Å²) < 4.78 is 18.9. The number of rotatable bonds is 6. The Kier molecular flexibility index (Phi) is 5.84. The summed E-state index contributed by atoms with van der Waals surface area (Å²) in [5.41, 5.74) is 2.08. The highest BCUT2D eigenvalue weighted by Gasteiger charge is 2.06. The minimum Gasteiger partial charge on any atom is -0.505 e. The summed E-state index contributed by atoms with van der Waals surface area (Å²) in [6.07, 6.45) is 2.79. The van der Waals surface area contributed by atoms with Crippen LogP contribution >= 0.6 is 0 Å². The molecule has 3 aromatic carbocycles. The molecule has 136 valence electrons. The number of halogens is 1. The van der Waals surface area contributed by atoms with E-state index < -0.39 is 11.6 Å². The first-order chi connectivity index (χ1) is 13.1. The number of phenols is 1. The third-order valence-corrected chi connectivity index (χ3v) is 3.78. The summed E-state index contributed by atoms with van der Waals surface area (Å²) in [6.45, 7) is 0.387. The fourth-order valence-corrected chi connectivity index (χ4v) is 2.41. The maximum absolute atomic E-state index is 13.1. The zero-order chi connectivity index (χ0) is 19.1. The molecule has 3 aromatic rings. The molecule has 0 unspecified atom stereocenters. The van der Waals surface area contributed by atoms with Crippen LogP contribution in [0, 0.1) is 5.82 Å². The van der Waals surface area contributed by atoms with Crippen molar-refractivity contribution in [2.24, 2.45) is 0 Å². The predicted octanol–water partition coefficient (Wildman–Crippen LogP) is 4.76. The molecular weight excluding hydrogens is 345 g/mol. The van der Waals surface area contributed by atoms with Crippen molar-refractivity contribution in [3.8, 4) is 11.5 Å². The second-order valence-corrected chi connectivity index (χ2v) is 5.80. The van der Waals surface area contributed by atoms with Gasteiger partial charge in [0.15, 0.2) is 11.6 Å². The summed E-state index contributed by atoms with van der Waals surface area (Å²) in [5, 5.41) is 12.1. The fourth-order valence-electron chi connectivity index (χ4n) is 2.41. The van der Waals surface area contributed by atoms with Gasteiger partial charge in [-0.25, -0.2) is 4.39 Å². The number of carbonyl (C=O) groups is 1. The van der Waals surface area contributed by atoms with E-state index in [1.807, 2.05) is 36.4 Å². The lowest BCUT2D eigenvalue weighted by Gasteiger charge is -2.11. The van der Waals surface area contributed by atoms with Crippen molar-refractivity contribution in [3.05, 3.63) is 95.8 Å². The van der Waals surface area contributed by atoms with E-state index in [1.54, 1.807) is 18.2 Å². The molecule has 0 spiro atoms. The van der Waals surface area contributed by atoms with Crippen molar-refractivity contribution < 1.29 is 19.0 Å². The maximum atomic E-state index is 13.1. The number of carbonyl (C=O) groups excluding carboxylic acids is 1. The molecule has 0 bridgehead atoms. The van der Waals surface area contributed by atoms with Gasteiger partial charge in [0.25, 0.3) is 0 Å². The first kappa shape index (κ1) is 18.2. The van der Waals surface area contributed by atoms with E-state index in [2.05, 4.69) is 5.32 Å². The van der Waals surface area contributed by atoms with Crippen LogP contribution in [0.5, 0.6) is 11.5 Å². The number of benzene rings is 3. The van der Waals surface area contributed by atoms with E-state index in [0.717, 1.165) is 11.6 Å². The van der Waals surface area contributed by atoms with Crippen molar-refractivity contribution >= 4 is 17.7 Å². The van der Waals surface area contributed by atoms with Crippen molar-refractivity contribution in [1.82, 2.24) is 0 Å². The largest absolute Gasteiger partial charge is 0.505 e. The Morgan fingerprint density at radius 1 is 1.04 bits per heavy atom. The highest BCUT2D eigenvalue weighted by molar-refractivity contribution is 6.02. The zero-order valence-electron chi connectivity index (χ0n) is 14.4. The van der Waals surface area contributed by atoms with Crippen LogP contribution in [0.1, 0.15) is 11.1 Å². The van der Waals surface area contributed by atoms with Gasteiger partial charge in [0.1, 0.15) is 12.4 Å². The first-order valence-electron chi connectivity index (χ1n) is 8.35. The highest BCUT2D eigenvalue weighted by Crippen LogP contribution is 2.25. The fraction of sp³-hybridized carbons (Fsp3) is 0.0455. The molecule has 1 amide bonds. The molecule has 0 atom stereocenters. The molecule has 0 aliphatic rings. The molecule has 0 aromatic heterocycles. The minimum absolute atomic E-state index is 0.366.